The summed E-state index contributed by atoms with van der Waals surface area (Å²) in [4.78, 5) is 4.75. The maximum Gasteiger partial charge on any atom is 0.0540 e. The maximum absolute atomic E-state index is 2.38. The third-order valence-electron chi connectivity index (χ3n) is 9.67. The molecule has 8 aromatic rings. The van der Waals surface area contributed by atoms with Gasteiger partial charge >= 0.3 is 0 Å². The number of hydrogen-bond acceptors (Lipinski definition) is 2. The van der Waals surface area contributed by atoms with E-state index in [9.17, 15) is 0 Å². The fraction of sp³-hybridized carbons (Fsp3) is 0.0870. The summed E-state index contributed by atoms with van der Waals surface area (Å²) >= 11 is 0. The van der Waals surface area contributed by atoms with Crippen LogP contribution in [0, 0.1) is 0 Å². The molecule has 2 nitrogen and oxygen atoms in total. The van der Waals surface area contributed by atoms with Crippen molar-refractivity contribution in [1.29, 1.82) is 0 Å². The van der Waals surface area contributed by atoms with Gasteiger partial charge in [-0.3, -0.25) is 0 Å². The summed E-state index contributed by atoms with van der Waals surface area (Å²) in [6, 6.07) is 64.0. The molecule has 0 aromatic heterocycles. The summed E-state index contributed by atoms with van der Waals surface area (Å²) in [5.41, 5.74) is 8.15. The molecule has 0 N–H and O–H groups in total. The average Bonchev–Trinajstić information content (AvgIpc) is 3.15. The first kappa shape index (κ1) is 29.5. The van der Waals surface area contributed by atoms with Crippen LogP contribution in [0.15, 0.2) is 176 Å². The summed E-state index contributed by atoms with van der Waals surface area (Å²) in [5, 5.41) is 7.42. The second-order valence-corrected chi connectivity index (χ2v) is 12.7. The lowest BCUT2D eigenvalue weighted by Gasteiger charge is -2.29. The highest BCUT2D eigenvalue weighted by Gasteiger charge is 2.18. The van der Waals surface area contributed by atoms with Crippen LogP contribution >= 0.6 is 0 Å². The number of fused-ring (bicyclic) bond motifs is 3. The van der Waals surface area contributed by atoms with Gasteiger partial charge < -0.3 is 9.80 Å². The summed E-state index contributed by atoms with van der Waals surface area (Å²) in [7, 11) is 0. The van der Waals surface area contributed by atoms with Crippen LogP contribution in [-0.4, -0.2) is 0 Å². The molecule has 1 unspecified atom stereocenters. The highest BCUT2D eigenvalue weighted by Crippen LogP contribution is 2.42. The van der Waals surface area contributed by atoms with Gasteiger partial charge in [-0.25, -0.2) is 0 Å². The zero-order valence-corrected chi connectivity index (χ0v) is 27.4. The zero-order chi connectivity index (χ0) is 32.5. The number of para-hydroxylation sites is 1. The van der Waals surface area contributed by atoms with E-state index in [2.05, 4.69) is 200 Å². The highest BCUT2D eigenvalue weighted by molar-refractivity contribution is 6.06. The van der Waals surface area contributed by atoms with Gasteiger partial charge in [0.05, 0.1) is 5.69 Å². The predicted octanol–water partition coefficient (Wildman–Crippen LogP) is 13.6. The molecular formula is C46H38N2. The van der Waals surface area contributed by atoms with E-state index >= 15 is 0 Å². The molecule has 232 valence electrons. The van der Waals surface area contributed by atoms with E-state index in [0.717, 1.165) is 40.5 Å². The molecule has 0 amide bonds. The lowest BCUT2D eigenvalue weighted by Crippen LogP contribution is -2.12. The van der Waals surface area contributed by atoms with Crippen molar-refractivity contribution in [2.24, 2.45) is 0 Å². The van der Waals surface area contributed by atoms with Crippen LogP contribution in [0.25, 0.3) is 32.3 Å². The number of anilines is 6. The van der Waals surface area contributed by atoms with Gasteiger partial charge in [0, 0.05) is 33.8 Å². The van der Waals surface area contributed by atoms with E-state index in [1.807, 2.05) is 0 Å². The fourth-order valence-electron chi connectivity index (χ4n) is 6.85. The first-order valence-corrected chi connectivity index (χ1v) is 16.9. The van der Waals surface area contributed by atoms with Crippen LogP contribution in [0.3, 0.4) is 0 Å². The molecule has 1 atom stereocenters. The third kappa shape index (κ3) is 5.56. The molecule has 0 heterocycles. The van der Waals surface area contributed by atoms with Gasteiger partial charge in [-0.1, -0.05) is 111 Å². The second kappa shape index (κ2) is 12.7. The average molecular weight is 619 g/mol. The number of rotatable bonds is 8. The van der Waals surface area contributed by atoms with E-state index in [-0.39, 0.29) is 0 Å². The van der Waals surface area contributed by atoms with Crippen LogP contribution in [0.5, 0.6) is 0 Å². The van der Waals surface area contributed by atoms with Crippen molar-refractivity contribution in [2.75, 3.05) is 9.80 Å². The molecule has 0 fully saturated rings. The lowest BCUT2D eigenvalue weighted by molar-refractivity contribution is 0.733. The molecule has 8 rings (SSSR count). The van der Waals surface area contributed by atoms with Gasteiger partial charge in [0.2, 0.25) is 0 Å². The maximum atomic E-state index is 2.38. The molecule has 0 spiro atoms. The van der Waals surface area contributed by atoms with Crippen molar-refractivity contribution in [2.45, 2.75) is 26.2 Å². The third-order valence-corrected chi connectivity index (χ3v) is 9.67. The molecule has 2 heteroatoms. The number of hydrogen-bond donors (Lipinski definition) is 0. The summed E-state index contributed by atoms with van der Waals surface area (Å²) in [6.45, 7) is 4.55. The van der Waals surface area contributed by atoms with Crippen LogP contribution in [-0.2, 0) is 0 Å². The molecule has 0 saturated carbocycles. The molecule has 0 aliphatic carbocycles. The molecule has 0 aliphatic heterocycles. The Labute approximate surface area is 283 Å². The van der Waals surface area contributed by atoms with Gasteiger partial charge in [-0.2, -0.15) is 0 Å². The largest absolute Gasteiger partial charge is 0.310 e. The Morgan fingerprint density at radius 3 is 1.56 bits per heavy atom. The molecule has 0 bridgehead atoms. The standard InChI is InChI=1S/C46H38N2/c1-3-33(2)34-20-23-41(24-21-34)47(44-25-22-35-12-7-8-14-37(35)31-44)42-26-28-43(29-27-42)48(40-17-5-4-6-18-40)46-19-11-16-39-30-36-13-9-10-15-38(36)32-45(39)46/h4-33H,3H2,1-2H3. The van der Waals surface area contributed by atoms with Crippen molar-refractivity contribution < 1.29 is 0 Å². The van der Waals surface area contributed by atoms with Crippen LogP contribution < -0.4 is 9.80 Å². The smallest absolute Gasteiger partial charge is 0.0540 e. The quantitative estimate of drug-likeness (QED) is 0.156. The molecule has 48 heavy (non-hydrogen) atoms. The van der Waals surface area contributed by atoms with Crippen molar-refractivity contribution in [3.8, 4) is 0 Å². The summed E-state index contributed by atoms with van der Waals surface area (Å²) in [5.74, 6) is 0.531. The second-order valence-electron chi connectivity index (χ2n) is 12.7. The Morgan fingerprint density at radius 1 is 0.396 bits per heavy atom. The molecule has 8 aromatic carbocycles. The van der Waals surface area contributed by atoms with E-state index in [0.29, 0.717) is 5.92 Å². The Kier molecular flexibility index (Phi) is 7.84. The summed E-state index contributed by atoms with van der Waals surface area (Å²) in [6.07, 6.45) is 1.13. The van der Waals surface area contributed by atoms with Crippen molar-refractivity contribution >= 4 is 66.4 Å². The lowest BCUT2D eigenvalue weighted by atomic mass is 9.98. The first-order valence-electron chi connectivity index (χ1n) is 16.9. The predicted molar refractivity (Wildman–Crippen MR) is 207 cm³/mol. The molecule has 0 aliphatic rings. The van der Waals surface area contributed by atoms with Gasteiger partial charge in [-0.05, 0) is 124 Å². The Balaban J connectivity index is 1.25. The van der Waals surface area contributed by atoms with Gasteiger partial charge in [0.1, 0.15) is 0 Å². The van der Waals surface area contributed by atoms with Crippen LogP contribution in [0.4, 0.5) is 34.1 Å². The van der Waals surface area contributed by atoms with Crippen molar-refractivity contribution in [1.82, 2.24) is 0 Å². The van der Waals surface area contributed by atoms with Gasteiger partial charge in [-0.15, -0.1) is 0 Å². The van der Waals surface area contributed by atoms with E-state index < -0.39 is 0 Å². The first-order chi connectivity index (χ1) is 23.7. The summed E-state index contributed by atoms with van der Waals surface area (Å²) < 4.78 is 0. The highest BCUT2D eigenvalue weighted by atomic mass is 15.2. The van der Waals surface area contributed by atoms with E-state index in [1.165, 1.54) is 37.9 Å². The fourth-order valence-corrected chi connectivity index (χ4v) is 6.85. The minimum atomic E-state index is 0.531. The number of benzene rings is 8. The normalized spacial score (nSPS) is 12.0. The van der Waals surface area contributed by atoms with Crippen LogP contribution in [0.1, 0.15) is 31.7 Å². The zero-order valence-electron chi connectivity index (χ0n) is 27.4. The van der Waals surface area contributed by atoms with Crippen molar-refractivity contribution in [3.05, 3.63) is 181 Å². The SMILES string of the molecule is CCC(C)c1ccc(N(c2ccc(N(c3ccccc3)c3cccc4cc5ccccc5cc34)cc2)c2ccc3ccccc3c2)cc1. The Morgan fingerprint density at radius 2 is 0.896 bits per heavy atom. The topological polar surface area (TPSA) is 6.48 Å². The number of nitrogens with zero attached hydrogens (tertiary/aromatic N) is 2. The van der Waals surface area contributed by atoms with Crippen molar-refractivity contribution in [3.63, 3.8) is 0 Å². The molecule has 0 saturated heterocycles. The minimum absolute atomic E-state index is 0.531. The van der Waals surface area contributed by atoms with Gasteiger partial charge in [0.15, 0.2) is 0 Å². The van der Waals surface area contributed by atoms with Crippen LogP contribution in [0.2, 0.25) is 0 Å². The Hall–Kier alpha value is -5.86. The van der Waals surface area contributed by atoms with E-state index in [1.54, 1.807) is 0 Å². The monoisotopic (exact) mass is 618 g/mol. The van der Waals surface area contributed by atoms with E-state index in [4.69, 9.17) is 0 Å². The molecule has 0 radical (unpaired) electrons. The minimum Gasteiger partial charge on any atom is -0.310 e. The Bertz CT molecular complexity index is 2340. The van der Waals surface area contributed by atoms with Gasteiger partial charge in [0.25, 0.3) is 0 Å². The molecular weight excluding hydrogens is 581 g/mol.